The van der Waals surface area contributed by atoms with E-state index in [0.717, 1.165) is 38.3 Å². The number of guanidine groups is 1. The molecule has 6 nitrogen and oxygen atoms in total. The van der Waals surface area contributed by atoms with Crippen molar-refractivity contribution >= 4 is 11.6 Å². The van der Waals surface area contributed by atoms with Crippen molar-refractivity contribution in [1.82, 2.24) is 10.6 Å². The second-order valence-corrected chi connectivity index (χ2v) is 8.15. The molecular formula is C22H36F2N4O2. The molecule has 30 heavy (non-hydrogen) atoms. The fraction of sp³-hybridized carbons (Fsp3) is 0.682. The molecule has 0 saturated carbocycles. The average Bonchev–Trinajstić information content (AvgIpc) is 3.14. The lowest BCUT2D eigenvalue weighted by atomic mass is 9.94. The summed E-state index contributed by atoms with van der Waals surface area (Å²) in [6.45, 7) is 6.57. The molecule has 1 saturated heterocycles. The van der Waals surface area contributed by atoms with Crippen LogP contribution in [-0.4, -0.2) is 56.5 Å². The zero-order chi connectivity index (χ0) is 21.9. The van der Waals surface area contributed by atoms with Crippen LogP contribution < -0.4 is 20.3 Å². The first-order valence-electron chi connectivity index (χ1n) is 10.9. The summed E-state index contributed by atoms with van der Waals surface area (Å²) in [4.78, 5) is 6.81. The Balaban J connectivity index is 1.99. The van der Waals surface area contributed by atoms with Crippen molar-refractivity contribution in [2.24, 2.45) is 16.8 Å². The van der Waals surface area contributed by atoms with Gasteiger partial charge >= 0.3 is 6.61 Å². The molecule has 0 spiro atoms. The highest BCUT2D eigenvalue weighted by Crippen LogP contribution is 2.31. The molecule has 0 amide bonds. The van der Waals surface area contributed by atoms with E-state index in [1.807, 2.05) is 19.1 Å². The molecule has 0 bridgehead atoms. The Bertz CT molecular complexity index is 658. The standard InChI is InChI=1S/C22H36F2N4O2/c1-4-25-22(26-14-17(10-12-29)13-16(2)3)27-18-9-11-28(15-18)19-7-5-6-8-20(19)30-21(23)24/h5-8,16-18,21,29H,4,9-15H2,1-3H3,(H2,25,26,27). The quantitative estimate of drug-likeness (QED) is 0.373. The number of rotatable bonds is 11. The lowest BCUT2D eigenvalue weighted by Crippen LogP contribution is -2.45. The zero-order valence-electron chi connectivity index (χ0n) is 18.3. The number of aliphatic hydroxyl groups excluding tert-OH is 1. The number of alkyl halides is 2. The number of aliphatic imine (C=N–C) groups is 1. The SMILES string of the molecule is CCNC(=NCC(CCO)CC(C)C)NC1CCN(c2ccccc2OC(F)F)C1. The van der Waals surface area contributed by atoms with Gasteiger partial charge in [-0.2, -0.15) is 8.78 Å². The highest BCUT2D eigenvalue weighted by atomic mass is 19.3. The van der Waals surface area contributed by atoms with Gasteiger partial charge in [-0.05, 0) is 50.2 Å². The molecule has 1 heterocycles. The Morgan fingerprint density at radius 1 is 1.33 bits per heavy atom. The topological polar surface area (TPSA) is 69.1 Å². The fourth-order valence-corrected chi connectivity index (χ4v) is 3.88. The van der Waals surface area contributed by atoms with E-state index in [0.29, 0.717) is 30.6 Å². The highest BCUT2D eigenvalue weighted by molar-refractivity contribution is 5.80. The second-order valence-electron chi connectivity index (χ2n) is 8.15. The molecule has 1 aromatic carbocycles. The van der Waals surface area contributed by atoms with Gasteiger partial charge in [0.2, 0.25) is 0 Å². The number of hydrogen-bond acceptors (Lipinski definition) is 4. The van der Waals surface area contributed by atoms with E-state index in [-0.39, 0.29) is 18.4 Å². The lowest BCUT2D eigenvalue weighted by Gasteiger charge is -2.23. The molecule has 2 atom stereocenters. The van der Waals surface area contributed by atoms with Gasteiger partial charge in [-0.15, -0.1) is 0 Å². The predicted molar refractivity (Wildman–Crippen MR) is 117 cm³/mol. The van der Waals surface area contributed by atoms with Gasteiger partial charge in [0, 0.05) is 38.8 Å². The average molecular weight is 427 g/mol. The summed E-state index contributed by atoms with van der Waals surface area (Å²) < 4.78 is 30.1. The Labute approximate surface area is 178 Å². The first-order valence-corrected chi connectivity index (χ1v) is 10.9. The normalized spacial score (nSPS) is 18.2. The molecule has 1 fully saturated rings. The monoisotopic (exact) mass is 426 g/mol. The Morgan fingerprint density at radius 2 is 2.10 bits per heavy atom. The van der Waals surface area contributed by atoms with Gasteiger partial charge in [-0.1, -0.05) is 26.0 Å². The molecule has 0 radical (unpaired) electrons. The van der Waals surface area contributed by atoms with Crippen LogP contribution in [0.5, 0.6) is 5.75 Å². The van der Waals surface area contributed by atoms with Crippen LogP contribution in [0.1, 0.15) is 40.0 Å². The van der Waals surface area contributed by atoms with Gasteiger partial charge in [0.05, 0.1) is 5.69 Å². The van der Waals surface area contributed by atoms with E-state index in [2.05, 4.69) is 34.1 Å². The Kier molecular flexibility index (Phi) is 10.1. The molecule has 8 heteroatoms. The third-order valence-electron chi connectivity index (χ3n) is 5.15. The Hall–Kier alpha value is -2.09. The third kappa shape index (κ3) is 7.97. The number of aliphatic hydroxyl groups is 1. The summed E-state index contributed by atoms with van der Waals surface area (Å²) in [6, 6.07) is 7.07. The minimum Gasteiger partial charge on any atom is -0.433 e. The second kappa shape index (κ2) is 12.6. The summed E-state index contributed by atoms with van der Waals surface area (Å²) in [5, 5.41) is 16.1. The molecule has 2 unspecified atom stereocenters. The van der Waals surface area contributed by atoms with E-state index < -0.39 is 6.61 Å². The summed E-state index contributed by atoms with van der Waals surface area (Å²) in [7, 11) is 0. The maximum absolute atomic E-state index is 12.7. The highest BCUT2D eigenvalue weighted by Gasteiger charge is 2.26. The molecule has 3 N–H and O–H groups in total. The number of para-hydroxylation sites is 2. The van der Waals surface area contributed by atoms with E-state index in [9.17, 15) is 13.9 Å². The van der Waals surface area contributed by atoms with Crippen LogP contribution in [0.3, 0.4) is 0 Å². The summed E-state index contributed by atoms with van der Waals surface area (Å²) in [5.41, 5.74) is 0.684. The fourth-order valence-electron chi connectivity index (χ4n) is 3.88. The van der Waals surface area contributed by atoms with E-state index >= 15 is 0 Å². The summed E-state index contributed by atoms with van der Waals surface area (Å²) in [6.07, 6.45) is 2.65. The van der Waals surface area contributed by atoms with Crippen LogP contribution in [0.15, 0.2) is 29.3 Å². The van der Waals surface area contributed by atoms with Crippen molar-refractivity contribution in [3.63, 3.8) is 0 Å². The number of benzene rings is 1. The van der Waals surface area contributed by atoms with Crippen LogP contribution in [0.4, 0.5) is 14.5 Å². The van der Waals surface area contributed by atoms with Crippen molar-refractivity contribution in [2.75, 3.05) is 37.7 Å². The van der Waals surface area contributed by atoms with Gasteiger partial charge in [-0.25, -0.2) is 0 Å². The minimum absolute atomic E-state index is 0.156. The molecule has 0 aromatic heterocycles. The molecule has 170 valence electrons. The van der Waals surface area contributed by atoms with E-state index in [1.54, 1.807) is 12.1 Å². The first kappa shape index (κ1) is 24.2. The van der Waals surface area contributed by atoms with Gasteiger partial charge in [0.1, 0.15) is 5.75 Å². The van der Waals surface area contributed by atoms with Crippen molar-refractivity contribution in [1.29, 1.82) is 0 Å². The maximum atomic E-state index is 12.7. The minimum atomic E-state index is -2.84. The molecular weight excluding hydrogens is 390 g/mol. The maximum Gasteiger partial charge on any atom is 0.387 e. The molecule has 2 rings (SSSR count). The number of halogens is 2. The van der Waals surface area contributed by atoms with Crippen molar-refractivity contribution in [3.05, 3.63) is 24.3 Å². The molecule has 0 aliphatic carbocycles. The van der Waals surface area contributed by atoms with E-state index in [4.69, 9.17) is 4.99 Å². The summed E-state index contributed by atoms with van der Waals surface area (Å²) >= 11 is 0. The number of ether oxygens (including phenoxy) is 1. The zero-order valence-corrected chi connectivity index (χ0v) is 18.3. The van der Waals surface area contributed by atoms with Crippen molar-refractivity contribution in [2.45, 2.75) is 52.7 Å². The van der Waals surface area contributed by atoms with Crippen LogP contribution in [0.25, 0.3) is 0 Å². The van der Waals surface area contributed by atoms with Gasteiger partial charge in [0.25, 0.3) is 0 Å². The van der Waals surface area contributed by atoms with Gasteiger partial charge in [-0.3, -0.25) is 4.99 Å². The van der Waals surface area contributed by atoms with Crippen LogP contribution in [-0.2, 0) is 0 Å². The number of nitrogens with one attached hydrogen (secondary N) is 2. The first-order chi connectivity index (χ1) is 14.4. The van der Waals surface area contributed by atoms with Crippen molar-refractivity contribution < 1.29 is 18.6 Å². The lowest BCUT2D eigenvalue weighted by molar-refractivity contribution is -0.0495. The molecule has 1 aliphatic rings. The smallest absolute Gasteiger partial charge is 0.387 e. The van der Waals surface area contributed by atoms with Crippen LogP contribution >= 0.6 is 0 Å². The molecule has 1 aliphatic heterocycles. The molecule has 1 aromatic rings. The van der Waals surface area contributed by atoms with Crippen LogP contribution in [0, 0.1) is 11.8 Å². The summed E-state index contributed by atoms with van der Waals surface area (Å²) in [5.74, 6) is 1.87. The number of nitrogens with zero attached hydrogens (tertiary/aromatic N) is 2. The predicted octanol–water partition coefficient (Wildman–Crippen LogP) is 3.47. The van der Waals surface area contributed by atoms with Gasteiger partial charge in [0.15, 0.2) is 5.96 Å². The number of anilines is 1. The van der Waals surface area contributed by atoms with E-state index in [1.165, 1.54) is 0 Å². The number of hydrogen-bond donors (Lipinski definition) is 3. The van der Waals surface area contributed by atoms with Gasteiger partial charge < -0.3 is 25.4 Å². The van der Waals surface area contributed by atoms with Crippen LogP contribution in [0.2, 0.25) is 0 Å². The third-order valence-corrected chi connectivity index (χ3v) is 5.15. The van der Waals surface area contributed by atoms with Crippen molar-refractivity contribution in [3.8, 4) is 5.75 Å². The largest absolute Gasteiger partial charge is 0.433 e. The Morgan fingerprint density at radius 3 is 2.77 bits per heavy atom.